The van der Waals surface area contributed by atoms with E-state index in [9.17, 15) is 9.00 Å². The van der Waals surface area contributed by atoms with E-state index >= 15 is 0 Å². The Morgan fingerprint density at radius 1 is 1.75 bits per heavy atom. The Hall–Kier alpha value is -0.590. The first kappa shape index (κ1) is 11.4. The van der Waals surface area contributed by atoms with Gasteiger partial charge in [-0.25, -0.2) is 0 Å². The maximum atomic E-state index is 10.9. The zero-order chi connectivity index (χ0) is 9.99. The molecule has 0 rings (SSSR count). The van der Waals surface area contributed by atoms with Gasteiger partial charge in [0.2, 0.25) is 0 Å². The summed E-state index contributed by atoms with van der Waals surface area (Å²) < 4.78 is 10.9. The van der Waals surface area contributed by atoms with Crippen LogP contribution in [0.4, 0.5) is 0 Å². The number of hydrogen-bond donors (Lipinski definition) is 3. The van der Waals surface area contributed by atoms with E-state index in [2.05, 4.69) is 0 Å². The fourth-order valence-corrected chi connectivity index (χ4v) is 1.10. The lowest BCUT2D eigenvalue weighted by atomic mass is 10.0. The second kappa shape index (κ2) is 3.42. The van der Waals surface area contributed by atoms with Crippen molar-refractivity contribution in [1.82, 2.24) is 0 Å². The highest BCUT2D eigenvalue weighted by molar-refractivity contribution is 7.98. The standard InChI is InChI=1S/C6H14N2O3S/c1-6(7,5(9)10)3-4-12(2,8)11/h4H,3,7H2,1-2H3,(H2,8,11)(H,9,10). The first-order chi connectivity index (χ1) is 5.15. The van der Waals surface area contributed by atoms with Crippen molar-refractivity contribution in [1.29, 1.82) is 0 Å². The Morgan fingerprint density at radius 2 is 2.17 bits per heavy atom. The van der Waals surface area contributed by atoms with Crippen LogP contribution in [0, 0.1) is 0 Å². The second-order valence-corrected chi connectivity index (χ2v) is 5.33. The molecule has 0 radical (unpaired) electrons. The van der Waals surface area contributed by atoms with Crippen LogP contribution in [0.2, 0.25) is 0 Å². The van der Waals surface area contributed by atoms with Crippen LogP contribution in [-0.2, 0) is 14.5 Å². The number of nitrogens with two attached hydrogens (primary N) is 2. The van der Waals surface area contributed by atoms with Gasteiger partial charge in [0, 0.05) is 22.4 Å². The molecule has 6 heteroatoms. The average molecular weight is 194 g/mol. The topological polar surface area (TPSA) is 106 Å². The van der Waals surface area contributed by atoms with Crippen molar-refractivity contribution in [2.75, 3.05) is 6.26 Å². The number of carboxylic acid groups (broad SMARTS) is 1. The summed E-state index contributed by atoms with van der Waals surface area (Å²) in [7, 11) is -2.51. The number of carboxylic acids is 1. The van der Waals surface area contributed by atoms with Crippen molar-refractivity contribution in [3.8, 4) is 0 Å². The van der Waals surface area contributed by atoms with Crippen molar-refractivity contribution in [3.05, 3.63) is 0 Å². The molecule has 0 saturated heterocycles. The Kier molecular flexibility index (Phi) is 3.25. The second-order valence-electron chi connectivity index (χ2n) is 3.06. The molecule has 0 aliphatic carbocycles. The summed E-state index contributed by atoms with van der Waals surface area (Å²) in [4.78, 5) is 10.5. The Balaban J connectivity index is 4.50. The van der Waals surface area contributed by atoms with Gasteiger partial charge >= 0.3 is 5.97 Å². The third-order valence-electron chi connectivity index (χ3n) is 1.33. The Labute approximate surface area is 71.9 Å². The van der Waals surface area contributed by atoms with Crippen LogP contribution in [0.5, 0.6) is 0 Å². The number of aliphatic carboxylic acids is 1. The van der Waals surface area contributed by atoms with Crippen molar-refractivity contribution in [2.24, 2.45) is 10.9 Å². The van der Waals surface area contributed by atoms with Gasteiger partial charge < -0.3 is 10.8 Å². The highest BCUT2D eigenvalue weighted by atomic mass is 32.2. The predicted octanol–water partition coefficient (Wildman–Crippen LogP) is -1.23. The van der Waals surface area contributed by atoms with Gasteiger partial charge in [-0.3, -0.25) is 14.1 Å². The molecule has 0 saturated carbocycles. The summed E-state index contributed by atoms with van der Waals surface area (Å²) in [6.45, 7) is 1.34. The fraction of sp³-hybridized carbons (Fsp3) is 0.667. The molecule has 0 aromatic carbocycles. The molecular weight excluding hydrogens is 180 g/mol. The first-order valence-electron chi connectivity index (χ1n) is 3.27. The van der Waals surface area contributed by atoms with Gasteiger partial charge in [-0.15, -0.1) is 0 Å². The fourth-order valence-electron chi connectivity index (χ4n) is 0.426. The third kappa shape index (κ3) is 4.32. The van der Waals surface area contributed by atoms with Gasteiger partial charge in [-0.1, -0.05) is 0 Å². The molecule has 0 aliphatic heterocycles. The van der Waals surface area contributed by atoms with E-state index in [-0.39, 0.29) is 6.42 Å². The molecule has 0 heterocycles. The summed E-state index contributed by atoms with van der Waals surface area (Å²) >= 11 is 0. The lowest BCUT2D eigenvalue weighted by Gasteiger charge is -2.16. The zero-order valence-electron chi connectivity index (χ0n) is 7.11. The number of rotatable bonds is 3. The van der Waals surface area contributed by atoms with Crippen LogP contribution in [-0.4, -0.2) is 32.4 Å². The molecule has 5 nitrogen and oxygen atoms in total. The van der Waals surface area contributed by atoms with Crippen molar-refractivity contribution < 1.29 is 14.1 Å². The first-order valence-corrected chi connectivity index (χ1v) is 5.37. The van der Waals surface area contributed by atoms with E-state index in [0.29, 0.717) is 0 Å². The molecule has 0 aliphatic rings. The SMILES string of the molecule is CC(N)(CC=S(C)(N)=O)C(=O)O. The maximum Gasteiger partial charge on any atom is 0.323 e. The van der Waals surface area contributed by atoms with Crippen molar-refractivity contribution in [2.45, 2.75) is 18.9 Å². The monoisotopic (exact) mass is 194 g/mol. The summed E-state index contributed by atoms with van der Waals surface area (Å²) in [5.41, 5.74) is 3.96. The minimum absolute atomic E-state index is 0.00579. The van der Waals surface area contributed by atoms with E-state index in [1.54, 1.807) is 0 Å². The van der Waals surface area contributed by atoms with E-state index in [1.165, 1.54) is 18.5 Å². The molecule has 72 valence electrons. The molecule has 2 unspecified atom stereocenters. The minimum atomic E-state index is -2.51. The van der Waals surface area contributed by atoms with Crippen LogP contribution in [0.25, 0.3) is 0 Å². The Bertz CT molecular complexity index is 281. The summed E-state index contributed by atoms with van der Waals surface area (Å²) in [6.07, 6.45) is 1.32. The Morgan fingerprint density at radius 3 is 2.42 bits per heavy atom. The molecule has 0 amide bonds. The van der Waals surface area contributed by atoms with Crippen LogP contribution in [0.1, 0.15) is 13.3 Å². The highest BCUT2D eigenvalue weighted by Crippen LogP contribution is 2.03. The van der Waals surface area contributed by atoms with Crippen LogP contribution in [0.15, 0.2) is 0 Å². The molecule has 0 spiro atoms. The van der Waals surface area contributed by atoms with Crippen molar-refractivity contribution in [3.63, 3.8) is 0 Å². The lowest BCUT2D eigenvalue weighted by Crippen LogP contribution is -2.45. The van der Waals surface area contributed by atoms with Gasteiger partial charge in [0.1, 0.15) is 5.54 Å². The summed E-state index contributed by atoms with van der Waals surface area (Å²) in [5.74, 6) is -1.14. The third-order valence-corrected chi connectivity index (χ3v) is 2.16. The molecule has 0 aromatic heterocycles. The minimum Gasteiger partial charge on any atom is -0.480 e. The predicted molar refractivity (Wildman–Crippen MR) is 49.2 cm³/mol. The highest BCUT2D eigenvalue weighted by Gasteiger charge is 2.26. The van der Waals surface area contributed by atoms with Crippen molar-refractivity contribution >= 4 is 21.0 Å². The van der Waals surface area contributed by atoms with E-state index in [1.807, 2.05) is 0 Å². The average Bonchev–Trinajstić information content (AvgIpc) is 1.82. The van der Waals surface area contributed by atoms with Gasteiger partial charge in [0.25, 0.3) is 0 Å². The molecule has 5 N–H and O–H groups in total. The van der Waals surface area contributed by atoms with Gasteiger partial charge in [0.15, 0.2) is 0 Å². The maximum absolute atomic E-state index is 10.9. The van der Waals surface area contributed by atoms with Gasteiger partial charge in [0.05, 0.1) is 0 Å². The quantitative estimate of drug-likeness (QED) is 0.489. The molecule has 0 aromatic rings. The smallest absolute Gasteiger partial charge is 0.323 e. The van der Waals surface area contributed by atoms with Crippen LogP contribution in [0.3, 0.4) is 0 Å². The molecule has 0 bridgehead atoms. The normalized spacial score (nSPS) is 20.7. The van der Waals surface area contributed by atoms with Gasteiger partial charge in [-0.05, 0) is 12.3 Å². The largest absolute Gasteiger partial charge is 0.480 e. The number of carbonyl (C=O) groups is 1. The molecule has 2 atom stereocenters. The molecule has 12 heavy (non-hydrogen) atoms. The van der Waals surface area contributed by atoms with E-state index < -0.39 is 21.2 Å². The summed E-state index contributed by atoms with van der Waals surface area (Å²) in [5, 5.41) is 15.0. The van der Waals surface area contributed by atoms with E-state index in [0.717, 1.165) is 0 Å². The van der Waals surface area contributed by atoms with Crippen LogP contribution >= 0.6 is 0 Å². The molecular formula is C6H14N2O3S. The summed E-state index contributed by atoms with van der Waals surface area (Å²) in [6, 6.07) is 0. The lowest BCUT2D eigenvalue weighted by molar-refractivity contribution is -0.142. The molecule has 0 fully saturated rings. The zero-order valence-corrected chi connectivity index (χ0v) is 7.93. The van der Waals surface area contributed by atoms with Gasteiger partial charge in [-0.2, -0.15) is 0 Å². The van der Waals surface area contributed by atoms with E-state index in [4.69, 9.17) is 16.0 Å². The number of hydrogen-bond acceptors (Lipinski definition) is 3. The van der Waals surface area contributed by atoms with Crippen LogP contribution < -0.4 is 10.9 Å².